The Morgan fingerprint density at radius 1 is 1.26 bits per heavy atom. The van der Waals surface area contributed by atoms with E-state index >= 15 is 0 Å². The Labute approximate surface area is 168 Å². The van der Waals surface area contributed by atoms with E-state index in [0.29, 0.717) is 15.5 Å². The van der Waals surface area contributed by atoms with Crippen LogP contribution in [-0.4, -0.2) is 27.9 Å². The molecule has 0 unspecified atom stereocenters. The highest BCUT2D eigenvalue weighted by Crippen LogP contribution is 2.22. The van der Waals surface area contributed by atoms with Crippen LogP contribution in [-0.2, 0) is 11.8 Å². The minimum atomic E-state index is -0.482. The summed E-state index contributed by atoms with van der Waals surface area (Å²) in [6.07, 6.45) is 3.45. The van der Waals surface area contributed by atoms with E-state index in [9.17, 15) is 9.59 Å². The van der Waals surface area contributed by atoms with Gasteiger partial charge < -0.3 is 19.6 Å². The maximum atomic E-state index is 12.4. The van der Waals surface area contributed by atoms with Crippen molar-refractivity contribution in [2.24, 2.45) is 7.05 Å². The molecule has 1 aromatic carbocycles. The fraction of sp³-hybridized carbons (Fsp3) is 0.167. The molecule has 0 aliphatic carbocycles. The number of rotatable bonds is 6. The molecule has 3 aromatic rings. The Hall–Kier alpha value is -2.58. The number of hydrogen-bond donors (Lipinski definition) is 2. The average Bonchev–Trinajstić information content (AvgIpc) is 3.27. The first-order chi connectivity index (χ1) is 12.9. The van der Waals surface area contributed by atoms with Gasteiger partial charge in [0.05, 0.1) is 6.54 Å². The van der Waals surface area contributed by atoms with E-state index in [0.717, 1.165) is 5.56 Å². The van der Waals surface area contributed by atoms with E-state index in [1.807, 2.05) is 23.7 Å². The second kappa shape index (κ2) is 8.41. The molecule has 2 amide bonds. The molecule has 0 spiro atoms. The first-order valence-corrected chi connectivity index (χ1v) is 9.16. The van der Waals surface area contributed by atoms with Gasteiger partial charge in [-0.25, -0.2) is 4.98 Å². The summed E-state index contributed by atoms with van der Waals surface area (Å²) in [6.45, 7) is -0.203. The number of aromatic nitrogens is 2. The van der Waals surface area contributed by atoms with E-state index < -0.39 is 11.9 Å². The molecular weight excluding hydrogens is 436 g/mol. The Kier molecular flexibility index (Phi) is 5.98. The molecule has 0 saturated heterocycles. The summed E-state index contributed by atoms with van der Waals surface area (Å²) in [4.78, 5) is 28.7. The molecule has 27 heavy (non-hydrogen) atoms. The van der Waals surface area contributed by atoms with Gasteiger partial charge in [-0.3, -0.25) is 9.59 Å². The minimum absolute atomic E-state index is 0.119. The highest BCUT2D eigenvalue weighted by molar-refractivity contribution is 9.10. The fourth-order valence-corrected chi connectivity index (χ4v) is 2.94. The third-order valence-corrected chi connectivity index (χ3v) is 4.51. The van der Waals surface area contributed by atoms with Crippen molar-refractivity contribution >= 4 is 39.3 Å². The molecule has 3 rings (SSSR count). The van der Waals surface area contributed by atoms with Crippen molar-refractivity contribution in [1.82, 2.24) is 20.2 Å². The van der Waals surface area contributed by atoms with Gasteiger partial charge in [-0.05, 0) is 45.8 Å². The second-order valence-corrected chi connectivity index (χ2v) is 6.95. The van der Waals surface area contributed by atoms with Crippen molar-refractivity contribution in [2.45, 2.75) is 6.04 Å². The number of amides is 2. The number of benzene rings is 1. The Balaban J connectivity index is 1.70. The predicted octanol–water partition coefficient (Wildman–Crippen LogP) is 3.06. The lowest BCUT2D eigenvalue weighted by molar-refractivity contribution is -0.120. The first-order valence-electron chi connectivity index (χ1n) is 7.99. The lowest BCUT2D eigenvalue weighted by Gasteiger charge is -2.19. The zero-order valence-corrected chi connectivity index (χ0v) is 16.6. The van der Waals surface area contributed by atoms with E-state index in [1.54, 1.807) is 30.6 Å². The molecule has 2 aromatic heterocycles. The molecule has 2 heterocycles. The van der Waals surface area contributed by atoms with E-state index in [-0.39, 0.29) is 18.2 Å². The number of carbonyl (C=O) groups excluding carboxylic acids is 2. The van der Waals surface area contributed by atoms with Crippen LogP contribution < -0.4 is 10.6 Å². The molecule has 0 radical (unpaired) electrons. The van der Waals surface area contributed by atoms with Crippen molar-refractivity contribution in [3.63, 3.8) is 0 Å². The van der Waals surface area contributed by atoms with Crippen LogP contribution in [0, 0.1) is 0 Å². The summed E-state index contributed by atoms with van der Waals surface area (Å²) in [5.41, 5.74) is 0.823. The maximum Gasteiger partial charge on any atom is 0.287 e. The molecule has 2 N–H and O–H groups in total. The molecule has 0 aliphatic heterocycles. The zero-order valence-electron chi connectivity index (χ0n) is 14.3. The third-order valence-electron chi connectivity index (χ3n) is 3.83. The van der Waals surface area contributed by atoms with Crippen LogP contribution in [0.4, 0.5) is 0 Å². The molecule has 9 heteroatoms. The quantitative estimate of drug-likeness (QED) is 0.603. The summed E-state index contributed by atoms with van der Waals surface area (Å²) >= 11 is 9.08. The summed E-state index contributed by atoms with van der Waals surface area (Å²) in [6, 6.07) is 9.77. The predicted molar refractivity (Wildman–Crippen MR) is 103 cm³/mol. The number of imidazole rings is 1. The van der Waals surface area contributed by atoms with Gasteiger partial charge >= 0.3 is 0 Å². The number of aryl methyl sites for hydroxylation is 1. The van der Waals surface area contributed by atoms with Crippen LogP contribution >= 0.6 is 27.5 Å². The zero-order chi connectivity index (χ0) is 19.4. The van der Waals surface area contributed by atoms with Crippen LogP contribution in [0.15, 0.2) is 57.9 Å². The fourth-order valence-electron chi connectivity index (χ4n) is 2.50. The topological polar surface area (TPSA) is 89.2 Å². The lowest BCUT2D eigenvalue weighted by Crippen LogP contribution is -2.39. The van der Waals surface area contributed by atoms with Crippen LogP contribution in [0.1, 0.15) is 28.0 Å². The molecule has 1 atom stereocenters. The van der Waals surface area contributed by atoms with Gasteiger partial charge in [0.15, 0.2) is 10.4 Å². The number of nitrogens with zero attached hydrogens (tertiary/aromatic N) is 2. The number of carbonyl (C=O) groups is 2. The van der Waals surface area contributed by atoms with E-state index in [2.05, 4.69) is 31.5 Å². The smallest absolute Gasteiger partial charge is 0.287 e. The maximum absolute atomic E-state index is 12.4. The minimum Gasteiger partial charge on any atom is -0.444 e. The number of furan rings is 1. The van der Waals surface area contributed by atoms with Gasteiger partial charge in [-0.15, -0.1) is 0 Å². The molecule has 7 nitrogen and oxygen atoms in total. The van der Waals surface area contributed by atoms with Crippen LogP contribution in [0.2, 0.25) is 5.02 Å². The van der Waals surface area contributed by atoms with Gasteiger partial charge in [0.2, 0.25) is 5.91 Å². The van der Waals surface area contributed by atoms with Crippen LogP contribution in [0.25, 0.3) is 0 Å². The highest BCUT2D eigenvalue weighted by Gasteiger charge is 2.21. The molecule has 0 aliphatic rings. The van der Waals surface area contributed by atoms with Crippen molar-refractivity contribution in [3.05, 3.63) is 75.6 Å². The molecule has 140 valence electrons. The number of nitrogens with one attached hydrogen (secondary N) is 2. The summed E-state index contributed by atoms with van der Waals surface area (Å²) in [5.74, 6) is -0.0622. The largest absolute Gasteiger partial charge is 0.444 e. The average molecular weight is 452 g/mol. The van der Waals surface area contributed by atoms with E-state index in [1.165, 1.54) is 6.07 Å². The Bertz CT molecular complexity index is 952. The van der Waals surface area contributed by atoms with Crippen LogP contribution in [0.5, 0.6) is 0 Å². The summed E-state index contributed by atoms with van der Waals surface area (Å²) in [7, 11) is 1.84. The Morgan fingerprint density at radius 3 is 2.59 bits per heavy atom. The molecule has 0 saturated carbocycles. The molecule has 0 bridgehead atoms. The SMILES string of the molecule is Cn1ccnc1[C@H](NC(=O)CNC(=O)c1ccc(Br)o1)c1ccc(Cl)cc1. The van der Waals surface area contributed by atoms with Gasteiger partial charge in [0.1, 0.15) is 11.9 Å². The standard InChI is InChI=1S/C18H16BrClN4O3/c1-24-9-8-21-17(24)16(11-2-4-12(20)5-3-11)23-15(25)10-22-18(26)13-6-7-14(19)27-13/h2-9,16H,10H2,1H3,(H,22,26)(H,23,25)/t16-/m1/s1. The first kappa shape index (κ1) is 19.2. The summed E-state index contributed by atoms with van der Waals surface area (Å²) in [5, 5.41) is 6.01. The molecule has 0 fully saturated rings. The van der Waals surface area contributed by atoms with Gasteiger partial charge in [0.25, 0.3) is 5.91 Å². The number of halogens is 2. The second-order valence-electron chi connectivity index (χ2n) is 5.73. The van der Waals surface area contributed by atoms with Gasteiger partial charge in [-0.1, -0.05) is 23.7 Å². The summed E-state index contributed by atoms with van der Waals surface area (Å²) < 4.78 is 7.42. The third kappa shape index (κ3) is 4.78. The Morgan fingerprint density at radius 2 is 2.00 bits per heavy atom. The lowest BCUT2D eigenvalue weighted by atomic mass is 10.1. The van der Waals surface area contributed by atoms with E-state index in [4.69, 9.17) is 16.0 Å². The van der Waals surface area contributed by atoms with Crippen LogP contribution in [0.3, 0.4) is 0 Å². The normalized spacial score (nSPS) is 11.8. The van der Waals surface area contributed by atoms with Crippen molar-refractivity contribution in [3.8, 4) is 0 Å². The van der Waals surface area contributed by atoms with Gasteiger partial charge in [-0.2, -0.15) is 0 Å². The molecular formula is C18H16BrClN4O3. The number of hydrogen-bond acceptors (Lipinski definition) is 4. The monoisotopic (exact) mass is 450 g/mol. The highest BCUT2D eigenvalue weighted by atomic mass is 79.9. The van der Waals surface area contributed by atoms with Gasteiger partial charge in [0, 0.05) is 24.5 Å². The van der Waals surface area contributed by atoms with Crippen molar-refractivity contribution in [1.29, 1.82) is 0 Å². The van der Waals surface area contributed by atoms with Crippen molar-refractivity contribution in [2.75, 3.05) is 6.54 Å². The van der Waals surface area contributed by atoms with Crippen molar-refractivity contribution < 1.29 is 14.0 Å².